The molecule has 0 radical (unpaired) electrons. The van der Waals surface area contributed by atoms with Gasteiger partial charge in [-0.2, -0.15) is 0 Å². The first-order valence-electron chi connectivity index (χ1n) is 19.1. The first-order chi connectivity index (χ1) is 27.0. The Kier molecular flexibility index (Phi) is 6.93. The number of rotatable bonds is 5. The van der Waals surface area contributed by atoms with E-state index in [0.717, 1.165) is 39.0 Å². The lowest BCUT2D eigenvalue weighted by molar-refractivity contribution is 0.660. The molecule has 0 fully saturated rings. The summed E-state index contributed by atoms with van der Waals surface area (Å²) in [5.41, 5.74) is 15.0. The molecule has 1 aromatic heterocycles. The summed E-state index contributed by atoms with van der Waals surface area (Å²) in [6.45, 7) is 4.68. The molecular weight excluding hydrogens is 667 g/mol. The van der Waals surface area contributed by atoms with Gasteiger partial charge >= 0.3 is 0 Å². The molecule has 0 atom stereocenters. The van der Waals surface area contributed by atoms with Gasteiger partial charge in [0.2, 0.25) is 0 Å². The highest BCUT2D eigenvalue weighted by Gasteiger charge is 2.36. The van der Waals surface area contributed by atoms with E-state index in [1.165, 1.54) is 66.1 Å². The highest BCUT2D eigenvalue weighted by Crippen LogP contribution is 2.51. The third kappa shape index (κ3) is 5.02. The molecule has 2 heteroatoms. The topological polar surface area (TPSA) is 16.4 Å². The molecule has 1 heterocycles. The molecule has 1 aliphatic carbocycles. The van der Waals surface area contributed by atoms with E-state index in [-0.39, 0.29) is 5.41 Å². The number of hydrogen-bond donors (Lipinski definition) is 0. The smallest absolute Gasteiger partial charge is 0.159 e. The first-order valence-corrected chi connectivity index (χ1v) is 19.1. The van der Waals surface area contributed by atoms with Crippen LogP contribution in [0.4, 0.5) is 17.1 Å². The molecule has 10 aromatic rings. The largest absolute Gasteiger partial charge is 0.454 e. The van der Waals surface area contributed by atoms with Crippen LogP contribution in [0.5, 0.6) is 0 Å². The van der Waals surface area contributed by atoms with E-state index in [1.54, 1.807) is 0 Å². The summed E-state index contributed by atoms with van der Waals surface area (Å²) in [5.74, 6) is 0. The molecule has 55 heavy (non-hydrogen) atoms. The zero-order chi connectivity index (χ0) is 36.7. The third-order valence-corrected chi connectivity index (χ3v) is 11.8. The number of benzene rings is 9. The van der Waals surface area contributed by atoms with Gasteiger partial charge in [-0.3, -0.25) is 0 Å². The van der Waals surface area contributed by atoms with E-state index in [0.29, 0.717) is 0 Å². The maximum Gasteiger partial charge on any atom is 0.159 e. The summed E-state index contributed by atoms with van der Waals surface area (Å²) < 4.78 is 6.64. The number of anilines is 3. The zero-order valence-electron chi connectivity index (χ0n) is 30.8. The van der Waals surface area contributed by atoms with Gasteiger partial charge in [0.05, 0.1) is 5.69 Å². The Morgan fingerprint density at radius 2 is 0.964 bits per heavy atom. The van der Waals surface area contributed by atoms with Gasteiger partial charge in [0, 0.05) is 27.6 Å². The molecule has 0 bridgehead atoms. The SMILES string of the molecule is CC1(C)c2ccccc2-c2ccc(N(c3ccc(-c4ccc5cc(-c6ccc7ccccc7c6)ccc5c4)cc3)c3cccc4c3oc3ccccc34)cc21. The van der Waals surface area contributed by atoms with Crippen LogP contribution in [0.15, 0.2) is 192 Å². The lowest BCUT2D eigenvalue weighted by Gasteiger charge is -2.28. The van der Waals surface area contributed by atoms with Crippen molar-refractivity contribution in [2.24, 2.45) is 0 Å². The molecule has 0 saturated heterocycles. The van der Waals surface area contributed by atoms with Crippen LogP contribution in [0.25, 0.3) is 76.9 Å². The zero-order valence-corrected chi connectivity index (χ0v) is 30.8. The van der Waals surface area contributed by atoms with Gasteiger partial charge < -0.3 is 9.32 Å². The van der Waals surface area contributed by atoms with Crippen molar-refractivity contribution in [2.75, 3.05) is 4.90 Å². The number of nitrogens with zero attached hydrogens (tertiary/aromatic N) is 1. The molecule has 260 valence electrons. The van der Waals surface area contributed by atoms with E-state index in [1.807, 2.05) is 6.07 Å². The monoisotopic (exact) mass is 703 g/mol. The van der Waals surface area contributed by atoms with Crippen molar-refractivity contribution in [3.8, 4) is 33.4 Å². The van der Waals surface area contributed by atoms with E-state index >= 15 is 0 Å². The Bertz CT molecular complexity index is 3130. The molecular formula is C53H37NO. The Hall–Kier alpha value is -6.90. The fourth-order valence-electron chi connectivity index (χ4n) is 8.94. The van der Waals surface area contributed by atoms with Crippen LogP contribution < -0.4 is 4.90 Å². The van der Waals surface area contributed by atoms with Gasteiger partial charge in [-0.05, 0) is 121 Å². The number of fused-ring (bicyclic) bond motifs is 8. The molecule has 0 saturated carbocycles. The molecule has 0 aliphatic heterocycles. The minimum absolute atomic E-state index is 0.116. The predicted molar refractivity (Wildman–Crippen MR) is 232 cm³/mol. The number of furan rings is 1. The summed E-state index contributed by atoms with van der Waals surface area (Å²) in [4.78, 5) is 2.36. The van der Waals surface area contributed by atoms with Crippen LogP contribution in [0.2, 0.25) is 0 Å². The first kappa shape index (κ1) is 31.6. The van der Waals surface area contributed by atoms with Crippen molar-refractivity contribution in [1.29, 1.82) is 0 Å². The Morgan fingerprint density at radius 3 is 1.75 bits per heavy atom. The molecule has 0 N–H and O–H groups in total. The fraction of sp³-hybridized carbons (Fsp3) is 0.0566. The maximum absolute atomic E-state index is 6.64. The average molecular weight is 704 g/mol. The quantitative estimate of drug-likeness (QED) is 0.177. The molecule has 9 aromatic carbocycles. The molecule has 0 unspecified atom stereocenters. The van der Waals surface area contributed by atoms with Crippen LogP contribution in [-0.4, -0.2) is 0 Å². The summed E-state index contributed by atoms with van der Waals surface area (Å²) >= 11 is 0. The second kappa shape index (κ2) is 12.1. The third-order valence-electron chi connectivity index (χ3n) is 11.8. The van der Waals surface area contributed by atoms with Crippen molar-refractivity contribution in [1.82, 2.24) is 0 Å². The van der Waals surface area contributed by atoms with Crippen molar-refractivity contribution in [3.05, 3.63) is 199 Å². The summed E-state index contributed by atoms with van der Waals surface area (Å²) in [7, 11) is 0. The lowest BCUT2D eigenvalue weighted by atomic mass is 9.82. The summed E-state index contributed by atoms with van der Waals surface area (Å²) in [5, 5.41) is 7.23. The molecule has 11 rings (SSSR count). The number of para-hydroxylation sites is 2. The van der Waals surface area contributed by atoms with Crippen molar-refractivity contribution < 1.29 is 4.42 Å². The molecule has 0 spiro atoms. The van der Waals surface area contributed by atoms with Gasteiger partial charge in [-0.15, -0.1) is 0 Å². The minimum Gasteiger partial charge on any atom is -0.454 e. The van der Waals surface area contributed by atoms with Crippen LogP contribution in [0.3, 0.4) is 0 Å². The molecule has 2 nitrogen and oxygen atoms in total. The normalized spacial score (nSPS) is 13.1. The fourth-order valence-corrected chi connectivity index (χ4v) is 8.94. The van der Waals surface area contributed by atoms with E-state index in [4.69, 9.17) is 4.42 Å². The molecule has 1 aliphatic rings. The predicted octanol–water partition coefficient (Wildman–Crippen LogP) is 15.0. The molecule has 0 amide bonds. The van der Waals surface area contributed by atoms with Gasteiger partial charge in [0.1, 0.15) is 5.58 Å². The Morgan fingerprint density at radius 1 is 0.400 bits per heavy atom. The maximum atomic E-state index is 6.64. The van der Waals surface area contributed by atoms with Crippen molar-refractivity contribution in [2.45, 2.75) is 19.3 Å². The Balaban J connectivity index is 0.998. The van der Waals surface area contributed by atoms with Gasteiger partial charge in [-0.1, -0.05) is 147 Å². The van der Waals surface area contributed by atoms with Crippen LogP contribution in [-0.2, 0) is 5.41 Å². The van der Waals surface area contributed by atoms with Gasteiger partial charge in [0.15, 0.2) is 5.58 Å². The lowest BCUT2D eigenvalue weighted by Crippen LogP contribution is -2.16. The minimum atomic E-state index is -0.116. The van der Waals surface area contributed by atoms with Crippen molar-refractivity contribution >= 4 is 60.5 Å². The van der Waals surface area contributed by atoms with Crippen LogP contribution in [0.1, 0.15) is 25.0 Å². The van der Waals surface area contributed by atoms with E-state index in [9.17, 15) is 0 Å². The van der Waals surface area contributed by atoms with Crippen LogP contribution >= 0.6 is 0 Å². The standard InChI is InChI=1S/C53H37NO/c1-53(2)48-15-7-5-12-44(48)45-29-28-43(33-49(45)53)54(50-16-9-14-47-46-13-6-8-17-51(46)55-52(47)50)42-26-24-35(25-27-42)37-20-21-40-32-41(23-22-39(40)31-37)38-19-18-34-10-3-4-11-36(34)30-38/h3-33H,1-2H3. The Labute approximate surface area is 320 Å². The second-order valence-electron chi connectivity index (χ2n) is 15.4. The van der Waals surface area contributed by atoms with Gasteiger partial charge in [0.25, 0.3) is 0 Å². The van der Waals surface area contributed by atoms with E-state index < -0.39 is 0 Å². The summed E-state index contributed by atoms with van der Waals surface area (Å²) in [6.07, 6.45) is 0. The highest BCUT2D eigenvalue weighted by molar-refractivity contribution is 6.10. The van der Waals surface area contributed by atoms with E-state index in [2.05, 4.69) is 201 Å². The average Bonchev–Trinajstić information content (AvgIpc) is 3.73. The highest BCUT2D eigenvalue weighted by atomic mass is 16.3. The van der Waals surface area contributed by atoms with Crippen LogP contribution in [0, 0.1) is 0 Å². The second-order valence-corrected chi connectivity index (χ2v) is 15.4. The van der Waals surface area contributed by atoms with Gasteiger partial charge in [-0.25, -0.2) is 0 Å². The summed E-state index contributed by atoms with van der Waals surface area (Å²) in [6, 6.07) is 68.5. The number of hydrogen-bond acceptors (Lipinski definition) is 2. The van der Waals surface area contributed by atoms with Crippen molar-refractivity contribution in [3.63, 3.8) is 0 Å².